The SMILES string of the molecule is O=C1NCC(c2cc(N3CC(c4ccccc4)C(F)(F)C3)c3nccn3n2)C(=O)N1. The van der Waals surface area contributed by atoms with Crippen LogP contribution in [0.2, 0.25) is 0 Å². The van der Waals surface area contributed by atoms with Crippen molar-refractivity contribution in [3.05, 3.63) is 60.0 Å². The number of nitrogens with one attached hydrogen (secondary N) is 2. The second-order valence-corrected chi connectivity index (χ2v) is 7.51. The Balaban J connectivity index is 1.54. The number of halogens is 2. The number of alkyl halides is 2. The number of fused-ring (bicyclic) bond motifs is 1. The highest BCUT2D eigenvalue weighted by atomic mass is 19.3. The Kier molecular flexibility index (Phi) is 4.16. The molecule has 0 bridgehead atoms. The van der Waals surface area contributed by atoms with Crippen molar-refractivity contribution in [1.82, 2.24) is 25.2 Å². The Bertz CT molecular complexity index is 1130. The summed E-state index contributed by atoms with van der Waals surface area (Å²) in [7, 11) is 0. The Morgan fingerprint density at radius 3 is 2.73 bits per heavy atom. The smallest absolute Gasteiger partial charge is 0.321 e. The third-order valence-electron chi connectivity index (χ3n) is 5.59. The molecule has 4 heterocycles. The van der Waals surface area contributed by atoms with Gasteiger partial charge in [-0.05, 0) is 11.6 Å². The molecule has 8 nitrogen and oxygen atoms in total. The van der Waals surface area contributed by atoms with Gasteiger partial charge in [-0.15, -0.1) is 0 Å². The summed E-state index contributed by atoms with van der Waals surface area (Å²) in [5.41, 5.74) is 1.86. The van der Waals surface area contributed by atoms with Gasteiger partial charge < -0.3 is 10.2 Å². The molecule has 1 aromatic carbocycles. The van der Waals surface area contributed by atoms with Crippen molar-refractivity contribution in [3.63, 3.8) is 0 Å². The molecule has 3 amide bonds. The summed E-state index contributed by atoms with van der Waals surface area (Å²) in [5.74, 6) is -5.08. The summed E-state index contributed by atoms with van der Waals surface area (Å²) in [4.78, 5) is 29.5. The van der Waals surface area contributed by atoms with E-state index in [4.69, 9.17) is 0 Å². The average Bonchev–Trinajstić information content (AvgIpc) is 3.31. The number of carbonyl (C=O) groups is 2. The largest absolute Gasteiger partial charge is 0.362 e. The van der Waals surface area contributed by atoms with Crippen LogP contribution < -0.4 is 15.5 Å². The van der Waals surface area contributed by atoms with Crippen LogP contribution in [0.3, 0.4) is 0 Å². The van der Waals surface area contributed by atoms with E-state index >= 15 is 0 Å². The zero-order valence-electron chi connectivity index (χ0n) is 15.8. The minimum Gasteiger partial charge on any atom is -0.362 e. The number of rotatable bonds is 3. The van der Waals surface area contributed by atoms with Crippen molar-refractivity contribution in [3.8, 4) is 0 Å². The summed E-state index contributed by atoms with van der Waals surface area (Å²) in [5, 5.41) is 9.18. The van der Waals surface area contributed by atoms with Crippen LogP contribution in [0.5, 0.6) is 0 Å². The Labute approximate surface area is 169 Å². The Hall–Kier alpha value is -3.56. The second-order valence-electron chi connectivity index (χ2n) is 7.51. The number of nitrogens with zero attached hydrogens (tertiary/aromatic N) is 4. The van der Waals surface area contributed by atoms with Gasteiger partial charge in [0.1, 0.15) is 0 Å². The van der Waals surface area contributed by atoms with Gasteiger partial charge in [-0.2, -0.15) is 5.10 Å². The van der Waals surface area contributed by atoms with Crippen LogP contribution in [0.1, 0.15) is 23.1 Å². The fraction of sp³-hybridized carbons (Fsp3) is 0.300. The van der Waals surface area contributed by atoms with Gasteiger partial charge in [-0.1, -0.05) is 30.3 Å². The van der Waals surface area contributed by atoms with Gasteiger partial charge in [0.05, 0.1) is 29.8 Å². The van der Waals surface area contributed by atoms with Crippen molar-refractivity contribution >= 4 is 23.3 Å². The molecule has 10 heteroatoms. The molecular weight excluding hydrogens is 394 g/mol. The number of hydrogen-bond acceptors (Lipinski definition) is 5. The molecule has 2 unspecified atom stereocenters. The molecule has 0 aliphatic carbocycles. The van der Waals surface area contributed by atoms with E-state index in [0.717, 1.165) is 0 Å². The topological polar surface area (TPSA) is 91.6 Å². The standard InChI is InChI=1S/C20H18F2N6O2/c21-20(22)11-27(10-14(20)12-4-2-1-3-5-12)16-8-15(26-28-7-6-23-17(16)28)13-9-24-19(30)25-18(13)29/h1-8,13-14H,9-11H2,(H2,24,25,29,30). The molecule has 3 aromatic rings. The molecule has 2 aliphatic heterocycles. The van der Waals surface area contributed by atoms with Gasteiger partial charge in [0.25, 0.3) is 5.92 Å². The zero-order valence-corrected chi connectivity index (χ0v) is 15.8. The highest BCUT2D eigenvalue weighted by molar-refractivity contribution is 6.00. The number of aromatic nitrogens is 3. The Morgan fingerprint density at radius 1 is 1.17 bits per heavy atom. The average molecular weight is 412 g/mol. The lowest BCUT2D eigenvalue weighted by atomic mass is 9.95. The van der Waals surface area contributed by atoms with E-state index in [1.807, 2.05) is 0 Å². The normalized spacial score (nSPS) is 23.5. The third kappa shape index (κ3) is 3.04. The number of amides is 3. The maximum Gasteiger partial charge on any atom is 0.321 e. The van der Waals surface area contributed by atoms with E-state index < -0.39 is 36.2 Å². The molecule has 0 radical (unpaired) electrons. The van der Waals surface area contributed by atoms with Gasteiger partial charge in [-0.25, -0.2) is 23.1 Å². The number of carbonyl (C=O) groups excluding carboxylic acids is 2. The van der Waals surface area contributed by atoms with Crippen molar-refractivity contribution < 1.29 is 18.4 Å². The predicted octanol–water partition coefficient (Wildman–Crippen LogP) is 1.89. The summed E-state index contributed by atoms with van der Waals surface area (Å²) in [6, 6.07) is 9.77. The predicted molar refractivity (Wildman–Crippen MR) is 104 cm³/mol. The van der Waals surface area contributed by atoms with E-state index in [1.165, 1.54) is 10.7 Å². The number of benzene rings is 1. The number of imide groups is 1. The molecule has 2 N–H and O–H groups in total. The highest BCUT2D eigenvalue weighted by Gasteiger charge is 2.49. The molecule has 2 atom stereocenters. The lowest BCUT2D eigenvalue weighted by Crippen LogP contribution is -2.51. The number of anilines is 1. The van der Waals surface area contributed by atoms with Crippen LogP contribution in [0.15, 0.2) is 48.8 Å². The first kappa shape index (κ1) is 18.5. The summed E-state index contributed by atoms with van der Waals surface area (Å²) < 4.78 is 31.3. The minimum absolute atomic E-state index is 0.0834. The van der Waals surface area contributed by atoms with Crippen LogP contribution >= 0.6 is 0 Å². The molecule has 2 fully saturated rings. The maximum absolute atomic E-state index is 14.9. The van der Waals surface area contributed by atoms with Crippen LogP contribution in [-0.2, 0) is 4.79 Å². The van der Waals surface area contributed by atoms with E-state index in [1.54, 1.807) is 47.5 Å². The summed E-state index contributed by atoms with van der Waals surface area (Å²) in [6.45, 7) is -0.275. The fourth-order valence-corrected chi connectivity index (χ4v) is 4.09. The van der Waals surface area contributed by atoms with Crippen LogP contribution in [0.4, 0.5) is 19.3 Å². The van der Waals surface area contributed by atoms with Crippen molar-refractivity contribution in [2.75, 3.05) is 24.5 Å². The first-order chi connectivity index (χ1) is 14.4. The van der Waals surface area contributed by atoms with Gasteiger partial charge in [-0.3, -0.25) is 10.1 Å². The third-order valence-corrected chi connectivity index (χ3v) is 5.59. The Morgan fingerprint density at radius 2 is 1.97 bits per heavy atom. The van der Waals surface area contributed by atoms with Crippen molar-refractivity contribution in [1.29, 1.82) is 0 Å². The van der Waals surface area contributed by atoms with E-state index in [-0.39, 0.29) is 13.1 Å². The first-order valence-electron chi connectivity index (χ1n) is 9.53. The summed E-state index contributed by atoms with van der Waals surface area (Å²) in [6.07, 6.45) is 3.13. The monoisotopic (exact) mass is 412 g/mol. The van der Waals surface area contributed by atoms with E-state index in [0.29, 0.717) is 22.6 Å². The lowest BCUT2D eigenvalue weighted by molar-refractivity contribution is -0.122. The van der Waals surface area contributed by atoms with Crippen LogP contribution in [0, 0.1) is 0 Å². The van der Waals surface area contributed by atoms with Gasteiger partial charge in [0.15, 0.2) is 5.65 Å². The molecule has 2 saturated heterocycles. The molecule has 2 aromatic heterocycles. The zero-order chi connectivity index (χ0) is 20.9. The lowest BCUT2D eigenvalue weighted by Gasteiger charge is -2.24. The maximum atomic E-state index is 14.9. The number of urea groups is 1. The number of hydrogen-bond donors (Lipinski definition) is 2. The quantitative estimate of drug-likeness (QED) is 0.686. The van der Waals surface area contributed by atoms with Gasteiger partial charge in [0, 0.05) is 25.5 Å². The van der Waals surface area contributed by atoms with Crippen molar-refractivity contribution in [2.24, 2.45) is 0 Å². The van der Waals surface area contributed by atoms with Gasteiger partial charge in [0.2, 0.25) is 5.91 Å². The minimum atomic E-state index is -2.93. The first-order valence-corrected chi connectivity index (χ1v) is 9.53. The molecule has 154 valence electrons. The fourth-order valence-electron chi connectivity index (χ4n) is 4.09. The van der Waals surface area contributed by atoms with Crippen LogP contribution in [0.25, 0.3) is 5.65 Å². The molecule has 30 heavy (non-hydrogen) atoms. The highest BCUT2D eigenvalue weighted by Crippen LogP contribution is 2.43. The molecule has 5 rings (SSSR count). The van der Waals surface area contributed by atoms with E-state index in [2.05, 4.69) is 20.7 Å². The molecule has 0 saturated carbocycles. The van der Waals surface area contributed by atoms with E-state index in [9.17, 15) is 18.4 Å². The van der Waals surface area contributed by atoms with Crippen LogP contribution in [-0.4, -0.2) is 52.1 Å². The molecule has 0 spiro atoms. The molecule has 2 aliphatic rings. The molecular formula is C20H18F2N6O2. The summed E-state index contributed by atoms with van der Waals surface area (Å²) >= 11 is 0. The number of imidazole rings is 1. The second kappa shape index (κ2) is 6.75. The van der Waals surface area contributed by atoms with Crippen molar-refractivity contribution in [2.45, 2.75) is 17.8 Å². The van der Waals surface area contributed by atoms with Gasteiger partial charge >= 0.3 is 6.03 Å².